The molecule has 1 amide bonds. The van der Waals surface area contributed by atoms with Crippen molar-refractivity contribution in [1.29, 1.82) is 0 Å². The number of hydrogen-bond donors (Lipinski definition) is 1. The Morgan fingerprint density at radius 2 is 1.84 bits per heavy atom. The Bertz CT molecular complexity index is 963. The van der Waals surface area contributed by atoms with E-state index in [1.807, 2.05) is 19.1 Å². The second-order valence-electron chi connectivity index (χ2n) is 7.51. The number of benzene rings is 2. The second kappa shape index (κ2) is 9.57. The number of ether oxygens (including phenoxy) is 1. The highest BCUT2D eigenvalue weighted by Crippen LogP contribution is 2.25. The molecule has 1 N–H and O–H groups in total. The highest BCUT2D eigenvalue weighted by molar-refractivity contribution is 5.96. The maximum absolute atomic E-state index is 12.8. The molecule has 0 bridgehead atoms. The number of piperazine rings is 1. The first-order valence-corrected chi connectivity index (χ1v) is 10.0. The maximum Gasteiger partial charge on any atom is 0.337 e. The van der Waals surface area contributed by atoms with Crippen LogP contribution in [0.15, 0.2) is 48.5 Å². The van der Waals surface area contributed by atoms with Gasteiger partial charge in [-0.1, -0.05) is 12.1 Å². The van der Waals surface area contributed by atoms with E-state index in [2.05, 4.69) is 15.1 Å². The normalized spacial score (nSPS) is 17.6. The SMILES string of the molecule is COC(=O)c1ccc(N2CCN(C(C)C(=O)Nc3ccccc3[N+](=O)[O-])C(C)C2)cc1. The van der Waals surface area contributed by atoms with Crippen molar-refractivity contribution in [3.63, 3.8) is 0 Å². The average Bonchev–Trinajstić information content (AvgIpc) is 2.78. The van der Waals surface area contributed by atoms with Gasteiger partial charge in [-0.05, 0) is 44.2 Å². The van der Waals surface area contributed by atoms with Crippen molar-refractivity contribution in [2.75, 3.05) is 37.0 Å². The number of nitrogens with one attached hydrogen (secondary N) is 1. The number of methoxy groups -OCH3 is 1. The van der Waals surface area contributed by atoms with E-state index in [4.69, 9.17) is 4.74 Å². The third-order valence-electron chi connectivity index (χ3n) is 5.57. The fourth-order valence-corrected chi connectivity index (χ4v) is 3.83. The van der Waals surface area contributed by atoms with Gasteiger partial charge in [0.1, 0.15) is 5.69 Å². The average molecular weight is 426 g/mol. The Balaban J connectivity index is 1.63. The molecular weight excluding hydrogens is 400 g/mol. The molecule has 9 heteroatoms. The number of rotatable bonds is 6. The van der Waals surface area contributed by atoms with Gasteiger partial charge in [-0.15, -0.1) is 0 Å². The van der Waals surface area contributed by atoms with Crippen molar-refractivity contribution in [2.24, 2.45) is 0 Å². The molecule has 0 radical (unpaired) electrons. The largest absolute Gasteiger partial charge is 0.465 e. The van der Waals surface area contributed by atoms with Gasteiger partial charge in [-0.3, -0.25) is 19.8 Å². The van der Waals surface area contributed by atoms with Gasteiger partial charge >= 0.3 is 5.97 Å². The molecule has 9 nitrogen and oxygen atoms in total. The number of nitro groups is 1. The molecule has 31 heavy (non-hydrogen) atoms. The monoisotopic (exact) mass is 426 g/mol. The van der Waals surface area contributed by atoms with Crippen molar-refractivity contribution in [1.82, 2.24) is 4.90 Å². The number of hydrogen-bond acceptors (Lipinski definition) is 7. The fraction of sp³-hybridized carbons (Fsp3) is 0.364. The van der Waals surface area contributed by atoms with Crippen molar-refractivity contribution in [2.45, 2.75) is 25.9 Å². The summed E-state index contributed by atoms with van der Waals surface area (Å²) in [6.45, 7) is 5.93. The molecule has 0 saturated carbocycles. The Morgan fingerprint density at radius 1 is 1.16 bits per heavy atom. The molecule has 0 spiro atoms. The van der Waals surface area contributed by atoms with Crippen LogP contribution in [-0.4, -0.2) is 60.5 Å². The highest BCUT2D eigenvalue weighted by atomic mass is 16.6. The van der Waals surface area contributed by atoms with E-state index in [9.17, 15) is 19.7 Å². The van der Waals surface area contributed by atoms with Crippen molar-refractivity contribution in [3.8, 4) is 0 Å². The van der Waals surface area contributed by atoms with E-state index < -0.39 is 11.0 Å². The predicted octanol–water partition coefficient (Wildman–Crippen LogP) is 2.92. The third-order valence-corrected chi connectivity index (χ3v) is 5.57. The van der Waals surface area contributed by atoms with Gasteiger partial charge in [-0.25, -0.2) is 4.79 Å². The first-order chi connectivity index (χ1) is 14.8. The molecule has 1 aliphatic heterocycles. The van der Waals surface area contributed by atoms with Crippen molar-refractivity contribution in [3.05, 3.63) is 64.2 Å². The summed E-state index contributed by atoms with van der Waals surface area (Å²) in [6, 6.07) is 13.0. The molecule has 0 aromatic heterocycles. The molecule has 2 atom stereocenters. The molecule has 2 aromatic carbocycles. The predicted molar refractivity (Wildman–Crippen MR) is 117 cm³/mol. The number of esters is 1. The van der Waals surface area contributed by atoms with Crippen LogP contribution in [0.3, 0.4) is 0 Å². The maximum atomic E-state index is 12.8. The Labute approximate surface area is 180 Å². The molecule has 1 fully saturated rings. The lowest BCUT2D eigenvalue weighted by molar-refractivity contribution is -0.383. The van der Waals surface area contributed by atoms with Gasteiger partial charge < -0.3 is 15.0 Å². The molecule has 1 saturated heterocycles. The molecule has 164 valence electrons. The first kappa shape index (κ1) is 22.2. The van der Waals surface area contributed by atoms with E-state index in [1.165, 1.54) is 19.2 Å². The quantitative estimate of drug-likeness (QED) is 0.430. The summed E-state index contributed by atoms with van der Waals surface area (Å²) in [6.07, 6.45) is 0. The lowest BCUT2D eigenvalue weighted by Crippen LogP contribution is -2.57. The molecule has 3 rings (SSSR count). The summed E-state index contributed by atoms with van der Waals surface area (Å²) in [5, 5.41) is 13.9. The number of amides is 1. The number of nitro benzene ring substituents is 1. The number of para-hydroxylation sites is 2. The lowest BCUT2D eigenvalue weighted by Gasteiger charge is -2.43. The standard InChI is InChI=1S/C22H26N4O5/c1-15-14-24(18-10-8-17(9-11-18)22(28)31-3)12-13-25(15)16(2)21(27)23-19-6-4-5-7-20(19)26(29)30/h4-11,15-16H,12-14H2,1-3H3,(H,23,27). The second-order valence-corrected chi connectivity index (χ2v) is 7.51. The number of carbonyl (C=O) groups excluding carboxylic acids is 2. The van der Waals surface area contributed by atoms with E-state index in [-0.39, 0.29) is 29.3 Å². The van der Waals surface area contributed by atoms with E-state index in [0.29, 0.717) is 25.2 Å². The topological polar surface area (TPSA) is 105 Å². The summed E-state index contributed by atoms with van der Waals surface area (Å²) >= 11 is 0. The molecule has 2 unspecified atom stereocenters. The van der Waals surface area contributed by atoms with Gasteiger partial charge in [0, 0.05) is 37.4 Å². The fourth-order valence-electron chi connectivity index (χ4n) is 3.83. The zero-order chi connectivity index (χ0) is 22.5. The van der Waals surface area contributed by atoms with Crippen LogP contribution in [0.1, 0.15) is 24.2 Å². The molecule has 1 aliphatic rings. The van der Waals surface area contributed by atoms with Crippen molar-refractivity contribution >= 4 is 28.9 Å². The summed E-state index contributed by atoms with van der Waals surface area (Å²) in [5.74, 6) is -0.653. The zero-order valence-electron chi connectivity index (χ0n) is 17.8. The van der Waals surface area contributed by atoms with Crippen LogP contribution >= 0.6 is 0 Å². The van der Waals surface area contributed by atoms with Crippen LogP contribution in [0.2, 0.25) is 0 Å². The van der Waals surface area contributed by atoms with Gasteiger partial charge in [-0.2, -0.15) is 0 Å². The van der Waals surface area contributed by atoms with E-state index in [0.717, 1.165) is 5.69 Å². The first-order valence-electron chi connectivity index (χ1n) is 10.0. The lowest BCUT2D eigenvalue weighted by atomic mass is 10.1. The zero-order valence-corrected chi connectivity index (χ0v) is 17.8. The number of nitrogens with zero attached hydrogens (tertiary/aromatic N) is 3. The van der Waals surface area contributed by atoms with E-state index >= 15 is 0 Å². The van der Waals surface area contributed by atoms with Gasteiger partial charge in [0.05, 0.1) is 23.6 Å². The highest BCUT2D eigenvalue weighted by Gasteiger charge is 2.31. The minimum Gasteiger partial charge on any atom is -0.465 e. The van der Waals surface area contributed by atoms with Crippen LogP contribution in [0.25, 0.3) is 0 Å². The molecule has 1 heterocycles. The number of anilines is 2. The molecular formula is C22H26N4O5. The summed E-state index contributed by atoms with van der Waals surface area (Å²) in [4.78, 5) is 39.4. The minimum atomic E-state index is -0.507. The summed E-state index contributed by atoms with van der Waals surface area (Å²) < 4.78 is 4.73. The summed E-state index contributed by atoms with van der Waals surface area (Å²) in [5.41, 5.74) is 1.56. The Morgan fingerprint density at radius 3 is 2.45 bits per heavy atom. The molecule has 2 aromatic rings. The Hall–Kier alpha value is -3.46. The van der Waals surface area contributed by atoms with E-state index in [1.54, 1.807) is 31.2 Å². The van der Waals surface area contributed by atoms with Crippen molar-refractivity contribution < 1.29 is 19.2 Å². The number of carbonyl (C=O) groups is 2. The van der Waals surface area contributed by atoms with Crippen LogP contribution in [-0.2, 0) is 9.53 Å². The van der Waals surface area contributed by atoms with Crippen LogP contribution in [0, 0.1) is 10.1 Å². The minimum absolute atomic E-state index is 0.0838. The van der Waals surface area contributed by atoms with Gasteiger partial charge in [0.25, 0.3) is 5.69 Å². The smallest absolute Gasteiger partial charge is 0.337 e. The van der Waals surface area contributed by atoms with Gasteiger partial charge in [0.2, 0.25) is 5.91 Å². The Kier molecular flexibility index (Phi) is 6.86. The van der Waals surface area contributed by atoms with Crippen LogP contribution in [0.4, 0.5) is 17.1 Å². The van der Waals surface area contributed by atoms with Gasteiger partial charge in [0.15, 0.2) is 0 Å². The van der Waals surface area contributed by atoms with Crippen LogP contribution in [0.5, 0.6) is 0 Å². The summed E-state index contributed by atoms with van der Waals surface area (Å²) in [7, 11) is 1.35. The molecule has 0 aliphatic carbocycles. The van der Waals surface area contributed by atoms with Crippen LogP contribution < -0.4 is 10.2 Å². The third kappa shape index (κ3) is 5.00.